The highest BCUT2D eigenvalue weighted by Crippen LogP contribution is 2.17. The van der Waals surface area contributed by atoms with E-state index in [0.29, 0.717) is 12.2 Å². The molecule has 1 N–H and O–H groups in total. The molecule has 0 aromatic heterocycles. The fourth-order valence-corrected chi connectivity index (χ4v) is 1.26. The molecule has 1 rings (SSSR count). The summed E-state index contributed by atoms with van der Waals surface area (Å²) in [6, 6.07) is 8.74. The Balaban J connectivity index is 2.57. The first-order chi connectivity index (χ1) is 7.79. The largest absolute Gasteiger partial charge is 0.463 e. The highest BCUT2D eigenvalue weighted by molar-refractivity contribution is 5.76. The smallest absolute Gasteiger partial charge is 0.343 e. The highest BCUT2D eigenvalue weighted by Gasteiger charge is 2.22. The Morgan fingerprint density at radius 2 is 2.06 bits per heavy atom. The molecule has 0 fully saturated rings. The third-order valence-corrected chi connectivity index (χ3v) is 2.16. The monoisotopic (exact) mass is 224 g/mol. The molecule has 0 saturated heterocycles. The van der Waals surface area contributed by atoms with Crippen LogP contribution < -0.4 is 0 Å². The van der Waals surface area contributed by atoms with Gasteiger partial charge in [-0.3, -0.25) is 5.26 Å². The van der Waals surface area contributed by atoms with Crippen molar-refractivity contribution in [3.05, 3.63) is 35.9 Å². The summed E-state index contributed by atoms with van der Waals surface area (Å²) in [4.78, 5) is 15.7. The molecular weight excluding hydrogens is 208 g/mol. The number of ether oxygens (including phenoxy) is 1. The van der Waals surface area contributed by atoms with Crippen LogP contribution in [0.4, 0.5) is 0 Å². The first-order valence-electron chi connectivity index (χ1n) is 5.31. The van der Waals surface area contributed by atoms with Crippen LogP contribution in [0.15, 0.2) is 30.3 Å². The van der Waals surface area contributed by atoms with Crippen molar-refractivity contribution in [2.45, 2.75) is 25.9 Å². The number of benzene rings is 1. The van der Waals surface area contributed by atoms with E-state index in [1.807, 2.05) is 13.0 Å². The van der Waals surface area contributed by atoms with Crippen molar-refractivity contribution < 1.29 is 19.7 Å². The zero-order chi connectivity index (χ0) is 11.8. The van der Waals surface area contributed by atoms with Gasteiger partial charge in [0.15, 0.2) is 0 Å². The topological polar surface area (TPSA) is 55.8 Å². The molecule has 1 aromatic rings. The molecule has 0 amide bonds. The predicted molar refractivity (Wildman–Crippen MR) is 58.8 cm³/mol. The van der Waals surface area contributed by atoms with Gasteiger partial charge in [0.05, 0.1) is 6.61 Å². The minimum atomic E-state index is -1.06. The molecule has 0 spiro atoms. The molecule has 0 aliphatic carbocycles. The van der Waals surface area contributed by atoms with Gasteiger partial charge in [-0.25, -0.2) is 9.68 Å². The number of rotatable bonds is 6. The summed E-state index contributed by atoms with van der Waals surface area (Å²) >= 11 is 0. The van der Waals surface area contributed by atoms with Gasteiger partial charge in [0.2, 0.25) is 6.10 Å². The summed E-state index contributed by atoms with van der Waals surface area (Å²) in [6.07, 6.45) is 0.695. The second kappa shape index (κ2) is 6.98. The molecule has 4 heteroatoms. The average molecular weight is 224 g/mol. The molecule has 0 bridgehead atoms. The number of hydrogen-bond donors (Lipinski definition) is 1. The minimum Gasteiger partial charge on any atom is -0.463 e. The lowest BCUT2D eigenvalue weighted by Gasteiger charge is -2.12. The highest BCUT2D eigenvalue weighted by atomic mass is 17.1. The summed E-state index contributed by atoms with van der Waals surface area (Å²) in [6.45, 7) is 2.35. The average Bonchev–Trinajstić information content (AvgIpc) is 2.32. The van der Waals surface area contributed by atoms with Crippen LogP contribution in [0.1, 0.15) is 31.4 Å². The molecule has 0 radical (unpaired) electrons. The van der Waals surface area contributed by atoms with Gasteiger partial charge in [-0.2, -0.15) is 0 Å². The van der Waals surface area contributed by atoms with E-state index in [1.165, 1.54) is 0 Å². The van der Waals surface area contributed by atoms with E-state index in [9.17, 15) is 4.79 Å². The van der Waals surface area contributed by atoms with Gasteiger partial charge in [0.25, 0.3) is 0 Å². The minimum absolute atomic E-state index is 0.349. The van der Waals surface area contributed by atoms with E-state index >= 15 is 0 Å². The van der Waals surface area contributed by atoms with E-state index in [4.69, 9.17) is 9.99 Å². The molecule has 1 unspecified atom stereocenters. The van der Waals surface area contributed by atoms with Crippen LogP contribution >= 0.6 is 0 Å². The SMILES string of the molecule is CCCCOC(=O)C(OO)c1ccccc1. The Hall–Kier alpha value is -1.39. The van der Waals surface area contributed by atoms with Crippen molar-refractivity contribution in [2.24, 2.45) is 0 Å². The van der Waals surface area contributed by atoms with Crippen molar-refractivity contribution in [1.82, 2.24) is 0 Å². The molecular formula is C12H16O4. The number of esters is 1. The lowest BCUT2D eigenvalue weighted by Crippen LogP contribution is -2.18. The summed E-state index contributed by atoms with van der Waals surface area (Å²) in [5.41, 5.74) is 0.575. The van der Waals surface area contributed by atoms with Crippen LogP contribution in [-0.2, 0) is 14.4 Å². The summed E-state index contributed by atoms with van der Waals surface area (Å²) in [5.74, 6) is -0.567. The third kappa shape index (κ3) is 3.64. The van der Waals surface area contributed by atoms with Gasteiger partial charge in [-0.15, -0.1) is 0 Å². The standard InChI is InChI=1S/C12H16O4/c1-2-3-9-15-12(13)11(16-14)10-7-5-4-6-8-10/h4-8,11,14H,2-3,9H2,1H3. The number of carbonyl (C=O) groups excluding carboxylic acids is 1. The van der Waals surface area contributed by atoms with E-state index in [2.05, 4.69) is 4.89 Å². The van der Waals surface area contributed by atoms with Crippen molar-refractivity contribution >= 4 is 5.97 Å². The normalized spacial score (nSPS) is 12.1. The third-order valence-electron chi connectivity index (χ3n) is 2.16. The second-order valence-electron chi connectivity index (χ2n) is 3.42. The number of hydrogen-bond acceptors (Lipinski definition) is 4. The molecule has 1 atom stereocenters. The van der Waals surface area contributed by atoms with Crippen molar-refractivity contribution in [3.8, 4) is 0 Å². The van der Waals surface area contributed by atoms with Crippen LogP contribution in [0.5, 0.6) is 0 Å². The van der Waals surface area contributed by atoms with Crippen molar-refractivity contribution in [3.63, 3.8) is 0 Å². The van der Waals surface area contributed by atoms with Crippen LogP contribution in [0.2, 0.25) is 0 Å². The Labute approximate surface area is 94.7 Å². The quantitative estimate of drug-likeness (QED) is 0.349. The molecule has 88 valence electrons. The zero-order valence-electron chi connectivity index (χ0n) is 9.26. The lowest BCUT2D eigenvalue weighted by atomic mass is 10.1. The van der Waals surface area contributed by atoms with E-state index < -0.39 is 12.1 Å². The fraction of sp³-hybridized carbons (Fsp3) is 0.417. The van der Waals surface area contributed by atoms with Gasteiger partial charge in [-0.05, 0) is 12.0 Å². The predicted octanol–water partition coefficient (Wildman–Crippen LogP) is 2.56. The Morgan fingerprint density at radius 3 is 2.62 bits per heavy atom. The van der Waals surface area contributed by atoms with E-state index in [-0.39, 0.29) is 0 Å². The molecule has 0 saturated carbocycles. The summed E-state index contributed by atoms with van der Waals surface area (Å²) in [5, 5.41) is 8.71. The van der Waals surface area contributed by atoms with Crippen molar-refractivity contribution in [2.75, 3.05) is 6.61 Å². The number of unbranched alkanes of at least 4 members (excludes halogenated alkanes) is 1. The van der Waals surface area contributed by atoms with Crippen LogP contribution in [0, 0.1) is 0 Å². The Kier molecular flexibility index (Phi) is 5.53. The van der Waals surface area contributed by atoms with Gasteiger partial charge >= 0.3 is 5.97 Å². The fourth-order valence-electron chi connectivity index (χ4n) is 1.26. The van der Waals surface area contributed by atoms with E-state index in [0.717, 1.165) is 12.8 Å². The zero-order valence-corrected chi connectivity index (χ0v) is 9.26. The molecule has 1 aromatic carbocycles. The van der Waals surface area contributed by atoms with Crippen LogP contribution in [-0.4, -0.2) is 17.8 Å². The molecule has 4 nitrogen and oxygen atoms in total. The summed E-state index contributed by atoms with van der Waals surface area (Å²) < 4.78 is 4.97. The Bertz CT molecular complexity index is 310. The van der Waals surface area contributed by atoms with Gasteiger partial charge in [0, 0.05) is 0 Å². The Morgan fingerprint density at radius 1 is 1.38 bits per heavy atom. The lowest BCUT2D eigenvalue weighted by molar-refractivity contribution is -0.281. The molecule has 0 heterocycles. The van der Waals surface area contributed by atoms with Gasteiger partial charge in [0.1, 0.15) is 0 Å². The van der Waals surface area contributed by atoms with Gasteiger partial charge < -0.3 is 4.74 Å². The van der Waals surface area contributed by atoms with Crippen LogP contribution in [0.3, 0.4) is 0 Å². The summed E-state index contributed by atoms with van der Waals surface area (Å²) in [7, 11) is 0. The molecule has 16 heavy (non-hydrogen) atoms. The molecule has 0 aliphatic heterocycles. The first-order valence-corrected chi connectivity index (χ1v) is 5.31. The van der Waals surface area contributed by atoms with Crippen LogP contribution in [0.25, 0.3) is 0 Å². The van der Waals surface area contributed by atoms with Gasteiger partial charge in [-0.1, -0.05) is 43.7 Å². The maximum absolute atomic E-state index is 11.5. The molecule has 0 aliphatic rings. The first kappa shape index (κ1) is 12.7. The maximum atomic E-state index is 11.5. The number of carbonyl (C=O) groups is 1. The van der Waals surface area contributed by atoms with E-state index in [1.54, 1.807) is 24.3 Å². The maximum Gasteiger partial charge on any atom is 0.343 e. The second-order valence-corrected chi connectivity index (χ2v) is 3.42. The van der Waals surface area contributed by atoms with Crippen molar-refractivity contribution in [1.29, 1.82) is 0 Å².